The lowest BCUT2D eigenvalue weighted by atomic mass is 9.87. The van der Waals surface area contributed by atoms with Crippen LogP contribution in [0, 0.1) is 11.8 Å². The van der Waals surface area contributed by atoms with Crippen LogP contribution >= 0.6 is 0 Å². The molecule has 1 aliphatic rings. The zero-order valence-electron chi connectivity index (χ0n) is 13.3. The maximum absolute atomic E-state index is 5.88. The Hall–Kier alpha value is -0.870. The minimum Gasteiger partial charge on any atom is -0.330 e. The van der Waals surface area contributed by atoms with Crippen LogP contribution in [0.25, 0.3) is 0 Å². The number of rotatable bonds is 6. The smallest absolute Gasteiger partial charge is 0.0764 e. The summed E-state index contributed by atoms with van der Waals surface area (Å²) in [5.74, 6) is 1.41. The molecule has 2 unspecified atom stereocenters. The van der Waals surface area contributed by atoms with E-state index in [9.17, 15) is 0 Å². The minimum absolute atomic E-state index is 0.543. The summed E-state index contributed by atoms with van der Waals surface area (Å²) in [5, 5.41) is 4.76. The first-order chi connectivity index (χ1) is 9.67. The van der Waals surface area contributed by atoms with E-state index in [0.717, 1.165) is 38.4 Å². The molecule has 2 rings (SSSR count). The minimum atomic E-state index is 0.543. The van der Waals surface area contributed by atoms with Crippen LogP contribution in [0.15, 0.2) is 12.3 Å². The monoisotopic (exact) mass is 278 g/mol. The fourth-order valence-electron chi connectivity index (χ4n) is 3.23. The summed E-state index contributed by atoms with van der Waals surface area (Å²) in [4.78, 5) is 2.51. The zero-order valence-corrected chi connectivity index (χ0v) is 13.3. The van der Waals surface area contributed by atoms with Gasteiger partial charge in [-0.3, -0.25) is 9.58 Å². The average Bonchev–Trinajstić information content (AvgIpc) is 2.91. The van der Waals surface area contributed by atoms with Crippen LogP contribution in [0.3, 0.4) is 0 Å². The first-order valence-corrected chi connectivity index (χ1v) is 8.14. The lowest BCUT2D eigenvalue weighted by molar-refractivity contribution is 0.124. The van der Waals surface area contributed by atoms with Crippen molar-refractivity contribution in [3.05, 3.63) is 18.0 Å². The molecular weight excluding hydrogens is 248 g/mol. The van der Waals surface area contributed by atoms with E-state index in [1.165, 1.54) is 18.7 Å². The quantitative estimate of drug-likeness (QED) is 0.870. The largest absolute Gasteiger partial charge is 0.330 e. The number of likely N-dealkylation sites (tertiary alicyclic amines) is 1. The summed E-state index contributed by atoms with van der Waals surface area (Å²) in [5.41, 5.74) is 7.08. The second kappa shape index (κ2) is 7.23. The molecule has 1 fully saturated rings. The molecule has 0 aliphatic carbocycles. The Bertz CT molecular complexity index is 397. The zero-order chi connectivity index (χ0) is 14.5. The highest BCUT2D eigenvalue weighted by atomic mass is 15.3. The molecule has 0 bridgehead atoms. The van der Waals surface area contributed by atoms with Crippen molar-refractivity contribution in [2.75, 3.05) is 19.6 Å². The van der Waals surface area contributed by atoms with Crippen LogP contribution in [-0.2, 0) is 6.54 Å². The highest BCUT2D eigenvalue weighted by molar-refractivity contribution is 5.00. The van der Waals surface area contributed by atoms with Crippen molar-refractivity contribution in [1.82, 2.24) is 14.7 Å². The molecule has 1 aromatic rings. The lowest BCUT2D eigenvalue weighted by Crippen LogP contribution is -2.42. The van der Waals surface area contributed by atoms with Gasteiger partial charge in [-0.15, -0.1) is 0 Å². The van der Waals surface area contributed by atoms with Gasteiger partial charge in [0, 0.05) is 19.3 Å². The Morgan fingerprint density at radius 1 is 1.40 bits per heavy atom. The molecule has 1 aliphatic heterocycles. The van der Waals surface area contributed by atoms with Crippen LogP contribution in [0.4, 0.5) is 0 Å². The van der Waals surface area contributed by atoms with Gasteiger partial charge in [-0.25, -0.2) is 0 Å². The third kappa shape index (κ3) is 3.61. The third-order valence-electron chi connectivity index (χ3n) is 4.87. The number of hydrogen-bond donors (Lipinski definition) is 1. The van der Waals surface area contributed by atoms with Crippen LogP contribution in [0.2, 0.25) is 0 Å². The molecule has 1 aromatic heterocycles. The maximum atomic E-state index is 5.88. The molecule has 2 heterocycles. The SMILES string of the molecule is CCC(CC)n1ccc(CN2CCC(C)C(CN)C2)n1. The van der Waals surface area contributed by atoms with Gasteiger partial charge in [0.05, 0.1) is 11.7 Å². The van der Waals surface area contributed by atoms with Gasteiger partial charge in [0.15, 0.2) is 0 Å². The number of nitrogens with two attached hydrogens (primary N) is 1. The van der Waals surface area contributed by atoms with E-state index in [0.29, 0.717) is 12.0 Å². The molecule has 0 radical (unpaired) electrons. The van der Waals surface area contributed by atoms with Gasteiger partial charge < -0.3 is 5.73 Å². The highest BCUT2D eigenvalue weighted by Gasteiger charge is 2.25. The van der Waals surface area contributed by atoms with E-state index >= 15 is 0 Å². The van der Waals surface area contributed by atoms with Crippen LogP contribution < -0.4 is 5.73 Å². The second-order valence-electron chi connectivity index (χ2n) is 6.25. The first-order valence-electron chi connectivity index (χ1n) is 8.14. The predicted molar refractivity (Wildman–Crippen MR) is 83.4 cm³/mol. The Labute approximate surface area is 123 Å². The number of aromatic nitrogens is 2. The molecule has 0 saturated carbocycles. The van der Waals surface area contributed by atoms with Gasteiger partial charge in [0.1, 0.15) is 0 Å². The molecular formula is C16H30N4. The number of piperidine rings is 1. The summed E-state index contributed by atoms with van der Waals surface area (Å²) < 4.78 is 2.14. The van der Waals surface area contributed by atoms with Gasteiger partial charge in [0.2, 0.25) is 0 Å². The Morgan fingerprint density at radius 2 is 2.15 bits per heavy atom. The van der Waals surface area contributed by atoms with E-state index in [1.807, 2.05) is 0 Å². The second-order valence-corrected chi connectivity index (χ2v) is 6.25. The van der Waals surface area contributed by atoms with Crippen molar-refractivity contribution < 1.29 is 0 Å². The van der Waals surface area contributed by atoms with Gasteiger partial charge in [-0.1, -0.05) is 20.8 Å². The molecule has 20 heavy (non-hydrogen) atoms. The van der Waals surface area contributed by atoms with Crippen molar-refractivity contribution in [2.45, 2.75) is 52.6 Å². The molecule has 0 spiro atoms. The average molecular weight is 278 g/mol. The van der Waals surface area contributed by atoms with Gasteiger partial charge in [-0.2, -0.15) is 5.10 Å². The van der Waals surface area contributed by atoms with Crippen molar-refractivity contribution in [1.29, 1.82) is 0 Å². The lowest BCUT2D eigenvalue weighted by Gasteiger charge is -2.36. The fourth-order valence-corrected chi connectivity index (χ4v) is 3.23. The molecule has 2 atom stereocenters. The van der Waals surface area contributed by atoms with E-state index in [2.05, 4.69) is 42.6 Å². The molecule has 1 saturated heterocycles. The molecule has 4 nitrogen and oxygen atoms in total. The molecule has 0 aromatic carbocycles. The number of nitrogens with zero attached hydrogens (tertiary/aromatic N) is 3. The normalized spacial score (nSPS) is 24.4. The summed E-state index contributed by atoms with van der Waals surface area (Å²) in [6.07, 6.45) is 5.69. The fraction of sp³-hybridized carbons (Fsp3) is 0.812. The van der Waals surface area contributed by atoms with Crippen molar-refractivity contribution in [3.63, 3.8) is 0 Å². The van der Waals surface area contributed by atoms with E-state index < -0.39 is 0 Å². The third-order valence-corrected chi connectivity index (χ3v) is 4.87. The Morgan fingerprint density at radius 3 is 2.80 bits per heavy atom. The summed E-state index contributed by atoms with van der Waals surface area (Å²) >= 11 is 0. The van der Waals surface area contributed by atoms with Gasteiger partial charge >= 0.3 is 0 Å². The van der Waals surface area contributed by atoms with Crippen molar-refractivity contribution in [2.24, 2.45) is 17.6 Å². The maximum Gasteiger partial charge on any atom is 0.0764 e. The topological polar surface area (TPSA) is 47.1 Å². The van der Waals surface area contributed by atoms with Crippen molar-refractivity contribution in [3.8, 4) is 0 Å². The van der Waals surface area contributed by atoms with E-state index in [-0.39, 0.29) is 0 Å². The van der Waals surface area contributed by atoms with Crippen molar-refractivity contribution >= 4 is 0 Å². The van der Waals surface area contributed by atoms with Crippen LogP contribution in [-0.4, -0.2) is 34.3 Å². The van der Waals surface area contributed by atoms with Gasteiger partial charge in [0.25, 0.3) is 0 Å². The van der Waals surface area contributed by atoms with E-state index in [1.54, 1.807) is 0 Å². The number of hydrogen-bond acceptors (Lipinski definition) is 3. The first kappa shape index (κ1) is 15.5. The Balaban J connectivity index is 1.93. The van der Waals surface area contributed by atoms with Crippen LogP contribution in [0.1, 0.15) is 51.8 Å². The predicted octanol–water partition coefficient (Wildman–Crippen LogP) is 2.66. The molecule has 114 valence electrons. The standard InChI is InChI=1S/C16H30N4/c1-4-16(5-2)20-9-7-15(18-20)12-19-8-6-13(3)14(10-17)11-19/h7,9,13-14,16H,4-6,8,10-12,17H2,1-3H3. The molecule has 4 heteroatoms. The van der Waals surface area contributed by atoms with Gasteiger partial charge in [-0.05, 0) is 50.3 Å². The molecule has 0 amide bonds. The molecule has 2 N–H and O–H groups in total. The summed E-state index contributed by atoms with van der Waals surface area (Å²) in [6.45, 7) is 10.9. The highest BCUT2D eigenvalue weighted by Crippen LogP contribution is 2.23. The van der Waals surface area contributed by atoms with Crippen LogP contribution in [0.5, 0.6) is 0 Å². The summed E-state index contributed by atoms with van der Waals surface area (Å²) in [7, 11) is 0. The Kier molecular flexibility index (Phi) is 5.61. The van der Waals surface area contributed by atoms with E-state index in [4.69, 9.17) is 10.8 Å². The summed E-state index contributed by atoms with van der Waals surface area (Å²) in [6, 6.07) is 2.72.